The normalized spacial score (nSPS) is 18.3. The molecule has 2 aromatic rings. The summed E-state index contributed by atoms with van der Waals surface area (Å²) in [5, 5.41) is 2.95. The van der Waals surface area contributed by atoms with Gasteiger partial charge < -0.3 is 15.8 Å². The van der Waals surface area contributed by atoms with Gasteiger partial charge in [-0.1, -0.05) is 0 Å². The number of nitrogens with one attached hydrogen (secondary N) is 1. The maximum atomic E-state index is 12.9. The van der Waals surface area contributed by atoms with Gasteiger partial charge in [-0.2, -0.15) is 4.31 Å². The van der Waals surface area contributed by atoms with Crippen molar-refractivity contribution in [2.75, 3.05) is 25.9 Å². The van der Waals surface area contributed by atoms with Gasteiger partial charge in [-0.25, -0.2) is 16.8 Å². The van der Waals surface area contributed by atoms with Crippen molar-refractivity contribution in [3.8, 4) is 11.5 Å². The maximum absolute atomic E-state index is 12.9. The zero-order chi connectivity index (χ0) is 21.2. The van der Waals surface area contributed by atoms with Gasteiger partial charge in [0.25, 0.3) is 0 Å². The van der Waals surface area contributed by atoms with Crippen molar-refractivity contribution in [3.05, 3.63) is 48.5 Å². The smallest absolute Gasteiger partial charge is 0.243 e. The first kappa shape index (κ1) is 21.2. The van der Waals surface area contributed by atoms with E-state index < -0.39 is 31.8 Å². The van der Waals surface area contributed by atoms with E-state index in [0.29, 0.717) is 18.0 Å². The molecule has 1 fully saturated rings. The summed E-state index contributed by atoms with van der Waals surface area (Å²) in [6.07, 6.45) is 1.11. The Morgan fingerprint density at radius 3 is 2.00 bits per heavy atom. The molecule has 0 spiro atoms. The molecule has 1 aliphatic rings. The van der Waals surface area contributed by atoms with Gasteiger partial charge in [0, 0.05) is 25.9 Å². The Morgan fingerprint density at radius 1 is 1.00 bits per heavy atom. The molecular weight excluding hydrogens is 418 g/mol. The van der Waals surface area contributed by atoms with Crippen LogP contribution in [0.3, 0.4) is 0 Å². The third-order valence-corrected chi connectivity index (χ3v) is 7.49. The summed E-state index contributed by atoms with van der Waals surface area (Å²) in [4.78, 5) is 11.8. The van der Waals surface area contributed by atoms with E-state index in [-0.39, 0.29) is 22.9 Å². The van der Waals surface area contributed by atoms with Crippen LogP contribution in [0.25, 0.3) is 0 Å². The molecule has 0 saturated carbocycles. The van der Waals surface area contributed by atoms with Crippen LogP contribution in [0.2, 0.25) is 0 Å². The van der Waals surface area contributed by atoms with Gasteiger partial charge in [0.2, 0.25) is 15.9 Å². The number of hydrogen-bond acceptors (Lipinski definition) is 7. The predicted octanol–water partition coefficient (Wildman–Crippen LogP) is 0.330. The van der Waals surface area contributed by atoms with Crippen LogP contribution in [0, 0.1) is 0 Å². The maximum Gasteiger partial charge on any atom is 0.243 e. The molecule has 1 atom stereocenters. The first-order valence-electron chi connectivity index (χ1n) is 8.69. The van der Waals surface area contributed by atoms with Crippen molar-refractivity contribution in [1.82, 2.24) is 9.62 Å². The second-order valence-corrected chi connectivity index (χ2v) is 10.5. The highest BCUT2D eigenvalue weighted by atomic mass is 32.2. The molecule has 3 N–H and O–H groups in total. The SMILES string of the molecule is CS(=O)(=O)c1ccc(Oc2ccc(S(=O)(=O)N3CCNCC3C(N)=O)cc2)cc1. The van der Waals surface area contributed by atoms with E-state index >= 15 is 0 Å². The number of ether oxygens (including phenoxy) is 1. The number of nitrogens with two attached hydrogens (primary N) is 1. The van der Waals surface area contributed by atoms with Crippen molar-refractivity contribution < 1.29 is 26.4 Å². The summed E-state index contributed by atoms with van der Waals surface area (Å²) >= 11 is 0. The van der Waals surface area contributed by atoms with Gasteiger partial charge in [0.15, 0.2) is 9.84 Å². The minimum atomic E-state index is -3.90. The summed E-state index contributed by atoms with van der Waals surface area (Å²) < 4.78 is 55.5. The number of benzene rings is 2. The Kier molecular flexibility index (Phi) is 5.94. The standard InChI is InChI=1S/C18H21N3O6S2/c1-28(23,24)15-6-2-13(3-7-15)27-14-4-8-16(9-5-14)29(25,26)21-11-10-20-12-17(21)18(19)22/h2-9,17,20H,10-12H2,1H3,(H2,19,22). The molecular formula is C18H21N3O6S2. The van der Waals surface area contributed by atoms with E-state index in [1.54, 1.807) is 0 Å². The lowest BCUT2D eigenvalue weighted by Crippen LogP contribution is -2.58. The Bertz CT molecular complexity index is 1100. The number of carbonyl (C=O) groups is 1. The molecule has 11 heteroatoms. The van der Waals surface area contributed by atoms with Crippen molar-refractivity contribution >= 4 is 25.8 Å². The quantitative estimate of drug-likeness (QED) is 0.662. The lowest BCUT2D eigenvalue weighted by Gasteiger charge is -2.33. The van der Waals surface area contributed by atoms with Crippen LogP contribution in [-0.4, -0.2) is 59.0 Å². The first-order valence-corrected chi connectivity index (χ1v) is 12.0. The Morgan fingerprint density at radius 2 is 1.52 bits per heavy atom. The Hall–Kier alpha value is -2.47. The van der Waals surface area contributed by atoms with E-state index in [4.69, 9.17) is 10.5 Å². The molecule has 1 unspecified atom stereocenters. The van der Waals surface area contributed by atoms with Gasteiger partial charge in [0.05, 0.1) is 9.79 Å². The second kappa shape index (κ2) is 8.11. The average molecular weight is 440 g/mol. The fraction of sp³-hybridized carbons (Fsp3) is 0.278. The summed E-state index contributed by atoms with van der Waals surface area (Å²) in [5.41, 5.74) is 5.34. The number of carbonyl (C=O) groups excluding carboxylic acids is 1. The fourth-order valence-electron chi connectivity index (χ4n) is 2.92. The van der Waals surface area contributed by atoms with Crippen LogP contribution in [0.1, 0.15) is 0 Å². The molecule has 1 aliphatic heterocycles. The minimum Gasteiger partial charge on any atom is -0.457 e. The van der Waals surface area contributed by atoms with Crippen molar-refractivity contribution in [3.63, 3.8) is 0 Å². The van der Waals surface area contributed by atoms with E-state index in [2.05, 4.69) is 5.32 Å². The summed E-state index contributed by atoms with van der Waals surface area (Å²) in [7, 11) is -7.20. The molecule has 9 nitrogen and oxygen atoms in total. The monoisotopic (exact) mass is 439 g/mol. The lowest BCUT2D eigenvalue weighted by atomic mass is 10.2. The van der Waals surface area contributed by atoms with Gasteiger partial charge in [-0.05, 0) is 48.5 Å². The number of sulfone groups is 1. The van der Waals surface area contributed by atoms with E-state index in [9.17, 15) is 21.6 Å². The molecule has 0 aromatic heterocycles. The van der Waals surface area contributed by atoms with Gasteiger partial charge >= 0.3 is 0 Å². The lowest BCUT2D eigenvalue weighted by molar-refractivity contribution is -0.122. The fourth-order valence-corrected chi connectivity index (χ4v) is 5.15. The zero-order valence-corrected chi connectivity index (χ0v) is 17.2. The number of amides is 1. The van der Waals surface area contributed by atoms with E-state index in [1.807, 2.05) is 0 Å². The number of sulfonamides is 1. The van der Waals surface area contributed by atoms with Gasteiger partial charge in [-0.15, -0.1) is 0 Å². The largest absolute Gasteiger partial charge is 0.457 e. The third-order valence-electron chi connectivity index (χ3n) is 4.44. The average Bonchev–Trinajstić information content (AvgIpc) is 2.68. The molecule has 1 saturated heterocycles. The van der Waals surface area contributed by atoms with Crippen LogP contribution in [-0.2, 0) is 24.7 Å². The minimum absolute atomic E-state index is 0.0189. The van der Waals surface area contributed by atoms with Crippen LogP contribution >= 0.6 is 0 Å². The van der Waals surface area contributed by atoms with E-state index in [1.165, 1.54) is 48.5 Å². The molecule has 0 radical (unpaired) electrons. The first-order chi connectivity index (χ1) is 13.6. The van der Waals surface area contributed by atoms with Crippen molar-refractivity contribution in [2.24, 2.45) is 5.73 Å². The van der Waals surface area contributed by atoms with Gasteiger partial charge in [0.1, 0.15) is 17.5 Å². The van der Waals surface area contributed by atoms with Gasteiger partial charge in [-0.3, -0.25) is 4.79 Å². The van der Waals surface area contributed by atoms with Crippen LogP contribution in [0.4, 0.5) is 0 Å². The third kappa shape index (κ3) is 4.75. The Labute approximate surface area is 169 Å². The summed E-state index contributed by atoms with van der Waals surface area (Å²) in [5.74, 6) is 0.0741. The molecule has 0 aliphatic carbocycles. The summed E-state index contributed by atoms with van der Waals surface area (Å²) in [6.45, 7) is 0.730. The number of piperazine rings is 1. The highest BCUT2D eigenvalue weighted by Gasteiger charge is 2.36. The Balaban J connectivity index is 1.78. The number of rotatable bonds is 6. The van der Waals surface area contributed by atoms with Crippen LogP contribution in [0.15, 0.2) is 58.3 Å². The number of hydrogen-bond donors (Lipinski definition) is 2. The topological polar surface area (TPSA) is 136 Å². The predicted molar refractivity (Wildman–Crippen MR) is 106 cm³/mol. The molecule has 156 valence electrons. The van der Waals surface area contributed by atoms with Crippen LogP contribution < -0.4 is 15.8 Å². The summed E-state index contributed by atoms with van der Waals surface area (Å²) in [6, 6.07) is 10.7. The second-order valence-electron chi connectivity index (χ2n) is 6.56. The van der Waals surface area contributed by atoms with E-state index in [0.717, 1.165) is 10.6 Å². The molecule has 0 bridgehead atoms. The molecule has 1 amide bonds. The molecule has 3 rings (SSSR count). The zero-order valence-electron chi connectivity index (χ0n) is 15.6. The highest BCUT2D eigenvalue weighted by Crippen LogP contribution is 2.26. The van der Waals surface area contributed by atoms with Crippen molar-refractivity contribution in [2.45, 2.75) is 15.8 Å². The number of nitrogens with zero attached hydrogens (tertiary/aromatic N) is 1. The number of primary amides is 1. The molecule has 2 aromatic carbocycles. The molecule has 29 heavy (non-hydrogen) atoms. The van der Waals surface area contributed by atoms with Crippen molar-refractivity contribution in [1.29, 1.82) is 0 Å². The molecule has 1 heterocycles. The highest BCUT2D eigenvalue weighted by molar-refractivity contribution is 7.90. The van der Waals surface area contributed by atoms with Crippen LogP contribution in [0.5, 0.6) is 11.5 Å².